The van der Waals surface area contributed by atoms with Crippen molar-refractivity contribution in [2.24, 2.45) is 0 Å². The van der Waals surface area contributed by atoms with Crippen LogP contribution in [0.15, 0.2) is 22.7 Å². The molecule has 0 atom stereocenters. The van der Waals surface area contributed by atoms with Crippen LogP contribution in [0, 0.1) is 12.7 Å². The Kier molecular flexibility index (Phi) is 2.73. The molecule has 0 spiro atoms. The summed E-state index contributed by atoms with van der Waals surface area (Å²) in [6.07, 6.45) is 0. The molecular weight excluding hydrogens is 207 g/mol. The summed E-state index contributed by atoms with van der Waals surface area (Å²) in [5.41, 5.74) is 1.55. The standard InChI is InChI=1S/C12H13FN2O/c1-7(2)9-4-10(6-11(13)5-9)12-14-8(3)15-16-12/h4-7H,1-3H3. The van der Waals surface area contributed by atoms with Crippen molar-refractivity contribution < 1.29 is 8.91 Å². The topological polar surface area (TPSA) is 38.9 Å². The van der Waals surface area contributed by atoms with E-state index in [1.807, 2.05) is 19.9 Å². The van der Waals surface area contributed by atoms with Crippen molar-refractivity contribution in [3.8, 4) is 11.5 Å². The lowest BCUT2D eigenvalue weighted by Crippen LogP contribution is -1.91. The van der Waals surface area contributed by atoms with Gasteiger partial charge < -0.3 is 4.52 Å². The maximum atomic E-state index is 13.4. The first kappa shape index (κ1) is 10.8. The van der Waals surface area contributed by atoms with Gasteiger partial charge in [0.25, 0.3) is 5.89 Å². The summed E-state index contributed by atoms with van der Waals surface area (Å²) in [4.78, 5) is 4.08. The summed E-state index contributed by atoms with van der Waals surface area (Å²) in [5, 5.41) is 3.69. The first-order valence-corrected chi connectivity index (χ1v) is 5.17. The van der Waals surface area contributed by atoms with Gasteiger partial charge in [-0.3, -0.25) is 0 Å². The van der Waals surface area contributed by atoms with Crippen LogP contribution in [0.1, 0.15) is 31.2 Å². The van der Waals surface area contributed by atoms with Crippen molar-refractivity contribution in [1.29, 1.82) is 0 Å². The van der Waals surface area contributed by atoms with Gasteiger partial charge in [-0.25, -0.2) is 4.39 Å². The van der Waals surface area contributed by atoms with E-state index < -0.39 is 0 Å². The second kappa shape index (κ2) is 4.04. The van der Waals surface area contributed by atoms with Crippen LogP contribution < -0.4 is 0 Å². The van der Waals surface area contributed by atoms with E-state index in [4.69, 9.17) is 4.52 Å². The van der Waals surface area contributed by atoms with Crippen LogP contribution >= 0.6 is 0 Å². The second-order valence-electron chi connectivity index (χ2n) is 4.07. The molecule has 16 heavy (non-hydrogen) atoms. The summed E-state index contributed by atoms with van der Waals surface area (Å²) < 4.78 is 18.4. The molecule has 0 fully saturated rings. The van der Waals surface area contributed by atoms with Crippen LogP contribution in [0.4, 0.5) is 4.39 Å². The van der Waals surface area contributed by atoms with E-state index in [0.717, 1.165) is 5.56 Å². The fraction of sp³-hybridized carbons (Fsp3) is 0.333. The number of benzene rings is 1. The number of rotatable bonds is 2. The number of hydrogen-bond acceptors (Lipinski definition) is 3. The number of aromatic nitrogens is 2. The lowest BCUT2D eigenvalue weighted by Gasteiger charge is -2.06. The number of halogens is 1. The Labute approximate surface area is 93.3 Å². The molecule has 1 aromatic heterocycles. The molecule has 0 radical (unpaired) electrons. The first-order valence-electron chi connectivity index (χ1n) is 5.17. The summed E-state index contributed by atoms with van der Waals surface area (Å²) in [7, 11) is 0. The van der Waals surface area contributed by atoms with Gasteiger partial charge in [-0.1, -0.05) is 19.0 Å². The maximum Gasteiger partial charge on any atom is 0.258 e. The highest BCUT2D eigenvalue weighted by molar-refractivity contribution is 5.54. The Balaban J connectivity index is 2.49. The van der Waals surface area contributed by atoms with Gasteiger partial charge in [0.15, 0.2) is 5.82 Å². The minimum absolute atomic E-state index is 0.262. The SMILES string of the molecule is Cc1noc(-c2cc(F)cc(C(C)C)c2)n1. The summed E-state index contributed by atoms with van der Waals surface area (Å²) in [6.45, 7) is 5.75. The highest BCUT2D eigenvalue weighted by Gasteiger charge is 2.10. The van der Waals surface area contributed by atoms with Crippen molar-refractivity contribution in [3.05, 3.63) is 35.4 Å². The van der Waals surface area contributed by atoms with Gasteiger partial charge in [0.05, 0.1) is 0 Å². The molecule has 1 heterocycles. The molecule has 84 valence electrons. The van der Waals surface area contributed by atoms with Gasteiger partial charge in [0.2, 0.25) is 0 Å². The highest BCUT2D eigenvalue weighted by atomic mass is 19.1. The van der Waals surface area contributed by atoms with Crippen LogP contribution in [-0.2, 0) is 0 Å². The molecule has 0 aliphatic carbocycles. The van der Waals surface area contributed by atoms with Crippen molar-refractivity contribution >= 4 is 0 Å². The Bertz CT molecular complexity index is 505. The van der Waals surface area contributed by atoms with Crippen LogP contribution in [0.5, 0.6) is 0 Å². The summed E-state index contributed by atoms with van der Waals surface area (Å²) in [6, 6.07) is 4.80. The average Bonchev–Trinajstić information content (AvgIpc) is 2.64. The van der Waals surface area contributed by atoms with Crippen LogP contribution in [0.3, 0.4) is 0 Å². The van der Waals surface area contributed by atoms with E-state index in [0.29, 0.717) is 17.3 Å². The molecule has 0 saturated carbocycles. The zero-order valence-electron chi connectivity index (χ0n) is 9.49. The molecule has 4 heteroatoms. The van der Waals surface area contributed by atoms with E-state index in [-0.39, 0.29) is 11.7 Å². The highest BCUT2D eigenvalue weighted by Crippen LogP contribution is 2.24. The Morgan fingerprint density at radius 1 is 1.25 bits per heavy atom. The molecule has 0 bridgehead atoms. The van der Waals surface area contributed by atoms with Crippen molar-refractivity contribution in [1.82, 2.24) is 10.1 Å². The molecular formula is C12H13FN2O. The minimum Gasteiger partial charge on any atom is -0.334 e. The molecule has 0 aliphatic heterocycles. The van der Waals surface area contributed by atoms with Crippen molar-refractivity contribution in [3.63, 3.8) is 0 Å². The number of hydrogen-bond donors (Lipinski definition) is 0. The van der Waals surface area contributed by atoms with Crippen molar-refractivity contribution in [2.75, 3.05) is 0 Å². The van der Waals surface area contributed by atoms with Crippen LogP contribution in [0.25, 0.3) is 11.5 Å². The maximum absolute atomic E-state index is 13.4. The molecule has 2 rings (SSSR count). The number of aryl methyl sites for hydroxylation is 1. The predicted octanol–water partition coefficient (Wildman–Crippen LogP) is 3.31. The Morgan fingerprint density at radius 3 is 2.56 bits per heavy atom. The molecule has 0 unspecified atom stereocenters. The fourth-order valence-corrected chi connectivity index (χ4v) is 1.48. The van der Waals surface area contributed by atoms with Crippen LogP contribution in [-0.4, -0.2) is 10.1 Å². The van der Waals surface area contributed by atoms with E-state index in [1.165, 1.54) is 12.1 Å². The lowest BCUT2D eigenvalue weighted by atomic mass is 10.0. The second-order valence-corrected chi connectivity index (χ2v) is 4.07. The van der Waals surface area contributed by atoms with Gasteiger partial charge in [0, 0.05) is 5.56 Å². The van der Waals surface area contributed by atoms with Gasteiger partial charge in [-0.15, -0.1) is 0 Å². The predicted molar refractivity (Wildman–Crippen MR) is 58.5 cm³/mol. The minimum atomic E-state index is -0.281. The monoisotopic (exact) mass is 220 g/mol. The largest absolute Gasteiger partial charge is 0.334 e. The van der Waals surface area contributed by atoms with Gasteiger partial charge >= 0.3 is 0 Å². The average molecular weight is 220 g/mol. The van der Waals surface area contributed by atoms with Crippen molar-refractivity contribution in [2.45, 2.75) is 26.7 Å². The lowest BCUT2D eigenvalue weighted by molar-refractivity contribution is 0.425. The van der Waals surface area contributed by atoms with E-state index in [2.05, 4.69) is 10.1 Å². The Hall–Kier alpha value is -1.71. The van der Waals surface area contributed by atoms with Gasteiger partial charge in [0.1, 0.15) is 5.82 Å². The zero-order chi connectivity index (χ0) is 11.7. The van der Waals surface area contributed by atoms with E-state index in [9.17, 15) is 4.39 Å². The summed E-state index contributed by atoms with van der Waals surface area (Å²) >= 11 is 0. The fourth-order valence-electron chi connectivity index (χ4n) is 1.48. The quantitative estimate of drug-likeness (QED) is 0.779. The van der Waals surface area contributed by atoms with Gasteiger partial charge in [-0.2, -0.15) is 4.98 Å². The molecule has 2 aromatic rings. The molecule has 1 aromatic carbocycles. The third kappa shape index (κ3) is 2.10. The molecule has 0 saturated heterocycles. The summed E-state index contributed by atoms with van der Waals surface area (Å²) in [5.74, 6) is 0.889. The Morgan fingerprint density at radius 2 is 2.00 bits per heavy atom. The number of nitrogens with zero attached hydrogens (tertiary/aromatic N) is 2. The van der Waals surface area contributed by atoms with E-state index in [1.54, 1.807) is 6.92 Å². The molecule has 0 amide bonds. The zero-order valence-corrected chi connectivity index (χ0v) is 9.49. The van der Waals surface area contributed by atoms with Gasteiger partial charge in [-0.05, 0) is 36.6 Å². The first-order chi connectivity index (χ1) is 7.56. The normalized spacial score (nSPS) is 11.1. The third-order valence-corrected chi connectivity index (χ3v) is 2.36. The van der Waals surface area contributed by atoms with E-state index >= 15 is 0 Å². The molecule has 0 N–H and O–H groups in total. The third-order valence-electron chi connectivity index (χ3n) is 2.36. The van der Waals surface area contributed by atoms with Crippen LogP contribution in [0.2, 0.25) is 0 Å². The smallest absolute Gasteiger partial charge is 0.258 e. The molecule has 3 nitrogen and oxygen atoms in total. The molecule has 0 aliphatic rings.